The van der Waals surface area contributed by atoms with Gasteiger partial charge in [-0.25, -0.2) is 0 Å². The van der Waals surface area contributed by atoms with E-state index in [2.05, 4.69) is 30.9 Å². The number of rotatable bonds is 3. The molecule has 0 N–H and O–H groups in total. The van der Waals surface area contributed by atoms with Crippen LogP contribution in [-0.4, -0.2) is 71.8 Å². The van der Waals surface area contributed by atoms with Crippen LogP contribution in [0, 0.1) is 11.8 Å². The summed E-state index contributed by atoms with van der Waals surface area (Å²) in [4.78, 5) is 35.4. The fourth-order valence-electron chi connectivity index (χ4n) is 4.13. The Morgan fingerprint density at radius 2 is 2.08 bits per heavy atom. The predicted molar refractivity (Wildman–Crippen MR) is 91.1 cm³/mol. The second-order valence-electron chi connectivity index (χ2n) is 7.30. The van der Waals surface area contributed by atoms with Crippen molar-refractivity contribution in [1.29, 1.82) is 0 Å². The highest BCUT2D eigenvalue weighted by Crippen LogP contribution is 2.38. The number of carbonyl (C=O) groups excluding carboxylic acids is 2. The van der Waals surface area contributed by atoms with Crippen molar-refractivity contribution >= 4 is 11.8 Å². The molecule has 0 aromatic carbocycles. The van der Waals surface area contributed by atoms with Gasteiger partial charge >= 0.3 is 0 Å². The monoisotopic (exact) mass is 330 g/mol. The summed E-state index contributed by atoms with van der Waals surface area (Å²) in [6.45, 7) is 3.68. The Bertz CT molecular complexity index is 619. The summed E-state index contributed by atoms with van der Waals surface area (Å²) in [6.07, 6.45) is 3.75. The minimum absolute atomic E-state index is 0.0265. The minimum Gasteiger partial charge on any atom is -0.340 e. The van der Waals surface area contributed by atoms with E-state index in [0.29, 0.717) is 12.0 Å². The van der Waals surface area contributed by atoms with E-state index in [1.54, 1.807) is 24.3 Å². The van der Waals surface area contributed by atoms with Crippen molar-refractivity contribution in [2.24, 2.45) is 11.8 Å². The number of likely N-dealkylation sites (tertiary alicyclic amines) is 2. The molecular formula is C18H26N4O2. The number of likely N-dealkylation sites (N-methyl/N-ethyl adjacent to an activating group) is 1. The molecule has 1 aromatic rings. The minimum atomic E-state index is -0.320. The maximum Gasteiger partial charge on any atom is 0.228 e. The lowest BCUT2D eigenvalue weighted by Crippen LogP contribution is -2.39. The van der Waals surface area contributed by atoms with Gasteiger partial charge in [-0.15, -0.1) is 0 Å². The van der Waals surface area contributed by atoms with Crippen molar-refractivity contribution in [3.63, 3.8) is 0 Å². The van der Waals surface area contributed by atoms with Gasteiger partial charge in [0.1, 0.15) is 0 Å². The van der Waals surface area contributed by atoms with Crippen molar-refractivity contribution in [3.05, 3.63) is 30.1 Å². The van der Waals surface area contributed by atoms with Crippen molar-refractivity contribution < 1.29 is 9.59 Å². The van der Waals surface area contributed by atoms with Gasteiger partial charge < -0.3 is 14.7 Å². The zero-order valence-electron chi connectivity index (χ0n) is 14.8. The summed E-state index contributed by atoms with van der Waals surface area (Å²) < 4.78 is 0. The van der Waals surface area contributed by atoms with Crippen LogP contribution in [0.3, 0.4) is 0 Å². The average molecular weight is 330 g/mol. The molecule has 1 aromatic heterocycles. The van der Waals surface area contributed by atoms with Crippen LogP contribution in [-0.2, 0) is 9.59 Å². The summed E-state index contributed by atoms with van der Waals surface area (Å²) in [5.41, 5.74) is 0.931. The number of amides is 2. The molecule has 3 heterocycles. The van der Waals surface area contributed by atoms with Crippen molar-refractivity contribution in [1.82, 2.24) is 19.7 Å². The largest absolute Gasteiger partial charge is 0.340 e. The number of carbonyl (C=O) groups is 2. The van der Waals surface area contributed by atoms with Crippen LogP contribution < -0.4 is 0 Å². The normalized spacial score (nSPS) is 30.5. The summed E-state index contributed by atoms with van der Waals surface area (Å²) >= 11 is 0. The molecule has 0 spiro atoms. The lowest BCUT2D eigenvalue weighted by atomic mass is 9.93. The van der Waals surface area contributed by atoms with Crippen LogP contribution in [0.15, 0.2) is 24.5 Å². The van der Waals surface area contributed by atoms with E-state index in [1.165, 1.54) is 0 Å². The van der Waals surface area contributed by atoms with Gasteiger partial charge in [0, 0.05) is 45.0 Å². The molecule has 0 saturated carbocycles. The molecule has 4 atom stereocenters. The Hall–Kier alpha value is -1.95. The number of nitrogens with zero attached hydrogens (tertiary/aromatic N) is 4. The molecule has 2 aliphatic heterocycles. The van der Waals surface area contributed by atoms with Crippen LogP contribution in [0.25, 0.3) is 0 Å². The molecule has 2 amide bonds. The Kier molecular flexibility index (Phi) is 4.58. The van der Waals surface area contributed by atoms with Crippen molar-refractivity contribution in [3.8, 4) is 0 Å². The molecule has 6 heteroatoms. The Morgan fingerprint density at radius 3 is 2.67 bits per heavy atom. The Labute approximate surface area is 143 Å². The molecule has 0 unspecified atom stereocenters. The first-order chi connectivity index (χ1) is 11.4. The Morgan fingerprint density at radius 1 is 1.33 bits per heavy atom. The van der Waals surface area contributed by atoms with Crippen LogP contribution in [0.5, 0.6) is 0 Å². The molecule has 6 nitrogen and oxygen atoms in total. The highest BCUT2D eigenvalue weighted by atomic mass is 16.2. The number of hydrogen-bond donors (Lipinski definition) is 0. The number of hydrogen-bond acceptors (Lipinski definition) is 4. The smallest absolute Gasteiger partial charge is 0.228 e. The molecule has 3 rings (SSSR count). The fourth-order valence-corrected chi connectivity index (χ4v) is 4.13. The van der Waals surface area contributed by atoms with Crippen molar-refractivity contribution in [2.75, 3.05) is 34.2 Å². The summed E-state index contributed by atoms with van der Waals surface area (Å²) in [5, 5.41) is 0. The van der Waals surface area contributed by atoms with Gasteiger partial charge in [0.05, 0.1) is 12.0 Å². The molecule has 2 fully saturated rings. The molecular weight excluding hydrogens is 304 g/mol. The highest BCUT2D eigenvalue weighted by molar-refractivity contribution is 5.90. The highest BCUT2D eigenvalue weighted by Gasteiger charge is 2.46. The van der Waals surface area contributed by atoms with Crippen LogP contribution in [0.1, 0.15) is 24.9 Å². The standard InChI is InChI=1S/C18H26N4O2/c1-12-10-22(11-15(12)20(2)3)18(24)14-8-16(23)21(4)17(14)13-6-5-7-19-9-13/h5-7,9,12,14-15,17H,8,10-11H2,1-4H3/t12-,14-,15+,17-/m1/s1. The fraction of sp³-hybridized carbons (Fsp3) is 0.611. The van der Waals surface area contributed by atoms with E-state index < -0.39 is 0 Å². The third kappa shape index (κ3) is 2.90. The van der Waals surface area contributed by atoms with Gasteiger partial charge in [-0.1, -0.05) is 13.0 Å². The van der Waals surface area contributed by atoms with Crippen LogP contribution in [0.2, 0.25) is 0 Å². The van der Waals surface area contributed by atoms with E-state index in [1.807, 2.05) is 17.0 Å². The summed E-state index contributed by atoms with van der Waals surface area (Å²) in [5.74, 6) is 0.242. The Balaban J connectivity index is 1.82. The van der Waals surface area contributed by atoms with Crippen LogP contribution >= 0.6 is 0 Å². The molecule has 0 bridgehead atoms. The second-order valence-corrected chi connectivity index (χ2v) is 7.30. The first-order valence-corrected chi connectivity index (χ1v) is 8.51. The molecule has 2 saturated heterocycles. The third-order valence-electron chi connectivity index (χ3n) is 5.48. The van der Waals surface area contributed by atoms with Crippen molar-refractivity contribution in [2.45, 2.75) is 25.4 Å². The molecule has 0 aliphatic carbocycles. The van der Waals surface area contributed by atoms with E-state index in [9.17, 15) is 9.59 Å². The van der Waals surface area contributed by atoms with E-state index in [4.69, 9.17) is 0 Å². The first-order valence-electron chi connectivity index (χ1n) is 8.51. The molecule has 24 heavy (non-hydrogen) atoms. The number of pyridine rings is 1. The van der Waals surface area contributed by atoms with Gasteiger partial charge in [-0.05, 0) is 31.6 Å². The first kappa shape index (κ1) is 16.9. The molecule has 0 radical (unpaired) electrons. The lowest BCUT2D eigenvalue weighted by molar-refractivity contribution is -0.135. The number of aromatic nitrogens is 1. The topological polar surface area (TPSA) is 56.8 Å². The van der Waals surface area contributed by atoms with E-state index >= 15 is 0 Å². The van der Waals surface area contributed by atoms with Gasteiger partial charge in [0.2, 0.25) is 11.8 Å². The van der Waals surface area contributed by atoms with Gasteiger partial charge in [-0.2, -0.15) is 0 Å². The zero-order valence-corrected chi connectivity index (χ0v) is 14.8. The third-order valence-corrected chi connectivity index (χ3v) is 5.48. The quantitative estimate of drug-likeness (QED) is 0.830. The van der Waals surface area contributed by atoms with E-state index in [0.717, 1.165) is 18.7 Å². The van der Waals surface area contributed by atoms with Gasteiger partial charge in [0.25, 0.3) is 0 Å². The SMILES string of the molecule is C[C@@H]1CN(C(=O)[C@@H]2CC(=O)N(C)[C@@H]2c2cccnc2)C[C@@H]1N(C)C. The zero-order chi connectivity index (χ0) is 17.4. The van der Waals surface area contributed by atoms with E-state index in [-0.39, 0.29) is 30.2 Å². The second kappa shape index (κ2) is 6.51. The summed E-state index contributed by atoms with van der Waals surface area (Å²) in [7, 11) is 5.89. The molecule has 130 valence electrons. The maximum atomic E-state index is 13.1. The lowest BCUT2D eigenvalue weighted by Gasteiger charge is -2.28. The van der Waals surface area contributed by atoms with Gasteiger partial charge in [0.15, 0.2) is 0 Å². The maximum absolute atomic E-state index is 13.1. The summed E-state index contributed by atoms with van der Waals surface area (Å²) in [6, 6.07) is 3.96. The van der Waals surface area contributed by atoms with Gasteiger partial charge in [-0.3, -0.25) is 14.6 Å². The van der Waals surface area contributed by atoms with Crippen LogP contribution in [0.4, 0.5) is 0 Å². The average Bonchev–Trinajstić information content (AvgIpc) is 3.09. The molecule has 2 aliphatic rings. The predicted octanol–water partition coefficient (Wildman–Crippen LogP) is 1.01.